The highest BCUT2D eigenvalue weighted by Gasteiger charge is 2.31. The van der Waals surface area contributed by atoms with E-state index < -0.39 is 9.84 Å². The minimum absolute atomic E-state index is 0.346. The van der Waals surface area contributed by atoms with Crippen molar-refractivity contribution >= 4 is 43.9 Å². The van der Waals surface area contributed by atoms with Crippen molar-refractivity contribution in [3.8, 4) is 11.1 Å². The third-order valence-electron chi connectivity index (χ3n) is 6.77. The van der Waals surface area contributed by atoms with Crippen LogP contribution in [0.5, 0.6) is 0 Å². The SMILES string of the molecule is O=S(=O)(c1ccc(-c2ccc(Cl)cc2Cl)cc1)C1CCN(CCc2c[nH]c3ccccc23)CC1. The molecule has 0 spiro atoms. The van der Waals surface area contributed by atoms with Crippen LogP contribution >= 0.6 is 23.2 Å². The van der Waals surface area contributed by atoms with Gasteiger partial charge >= 0.3 is 0 Å². The fraction of sp³-hybridized carbons (Fsp3) is 0.259. The van der Waals surface area contributed by atoms with Crippen molar-refractivity contribution in [2.45, 2.75) is 29.4 Å². The Hall–Kier alpha value is -2.31. The first-order chi connectivity index (χ1) is 16.4. The number of aromatic amines is 1. The number of likely N-dealkylation sites (tertiary alicyclic amines) is 1. The van der Waals surface area contributed by atoms with Gasteiger partial charge in [-0.25, -0.2) is 8.42 Å². The topological polar surface area (TPSA) is 53.2 Å². The summed E-state index contributed by atoms with van der Waals surface area (Å²) in [6.07, 6.45) is 4.35. The lowest BCUT2D eigenvalue weighted by Crippen LogP contribution is -2.40. The van der Waals surface area contributed by atoms with Crippen molar-refractivity contribution in [3.05, 3.63) is 88.5 Å². The molecule has 0 bridgehead atoms. The van der Waals surface area contributed by atoms with Gasteiger partial charge in [-0.1, -0.05) is 59.6 Å². The van der Waals surface area contributed by atoms with Crippen molar-refractivity contribution in [2.75, 3.05) is 19.6 Å². The van der Waals surface area contributed by atoms with Crippen LogP contribution in [0.1, 0.15) is 18.4 Å². The predicted octanol–water partition coefficient (Wildman–Crippen LogP) is 6.62. The largest absolute Gasteiger partial charge is 0.361 e. The Labute approximate surface area is 210 Å². The van der Waals surface area contributed by atoms with Crippen LogP contribution in [-0.2, 0) is 16.3 Å². The average Bonchev–Trinajstić information content (AvgIpc) is 3.26. The molecule has 0 amide bonds. The maximum atomic E-state index is 13.3. The van der Waals surface area contributed by atoms with Crippen LogP contribution in [0.3, 0.4) is 0 Å². The van der Waals surface area contributed by atoms with E-state index in [1.54, 1.807) is 24.3 Å². The van der Waals surface area contributed by atoms with Crippen molar-refractivity contribution in [1.82, 2.24) is 9.88 Å². The molecular formula is C27H26Cl2N2O2S. The second kappa shape index (κ2) is 9.74. The molecule has 176 valence electrons. The Balaban J connectivity index is 1.21. The van der Waals surface area contributed by atoms with Crippen LogP contribution in [0.25, 0.3) is 22.0 Å². The molecule has 1 aliphatic rings. The van der Waals surface area contributed by atoms with Crippen LogP contribution < -0.4 is 0 Å². The number of para-hydroxylation sites is 1. The highest BCUT2D eigenvalue weighted by Crippen LogP contribution is 2.32. The number of halogens is 2. The number of hydrogen-bond acceptors (Lipinski definition) is 3. The van der Waals surface area contributed by atoms with Crippen molar-refractivity contribution < 1.29 is 8.42 Å². The normalized spacial score (nSPS) is 15.7. The number of nitrogens with one attached hydrogen (secondary N) is 1. The zero-order chi connectivity index (χ0) is 23.7. The Morgan fingerprint density at radius 3 is 2.41 bits per heavy atom. The highest BCUT2D eigenvalue weighted by atomic mass is 35.5. The Bertz CT molecular complexity index is 1410. The quantitative estimate of drug-likeness (QED) is 0.315. The maximum absolute atomic E-state index is 13.3. The summed E-state index contributed by atoms with van der Waals surface area (Å²) < 4.78 is 26.6. The third-order valence-corrected chi connectivity index (χ3v) is 9.60. The molecule has 0 unspecified atom stereocenters. The average molecular weight is 513 g/mol. The van der Waals surface area contributed by atoms with Gasteiger partial charge in [0.05, 0.1) is 10.1 Å². The zero-order valence-corrected chi connectivity index (χ0v) is 21.0. The van der Waals surface area contributed by atoms with Gasteiger partial charge in [-0.05, 0) is 73.8 Å². The molecule has 1 aromatic heterocycles. The van der Waals surface area contributed by atoms with Crippen molar-refractivity contribution in [3.63, 3.8) is 0 Å². The van der Waals surface area contributed by atoms with Gasteiger partial charge in [0.15, 0.2) is 9.84 Å². The molecule has 1 aliphatic heterocycles. The number of rotatable bonds is 6. The molecule has 0 atom stereocenters. The van der Waals surface area contributed by atoms with Crippen LogP contribution in [0.4, 0.5) is 0 Å². The second-order valence-corrected chi connectivity index (χ2v) is 11.9. The molecule has 4 nitrogen and oxygen atoms in total. The van der Waals surface area contributed by atoms with E-state index >= 15 is 0 Å². The van der Waals surface area contributed by atoms with Gasteiger partial charge in [0.25, 0.3) is 0 Å². The molecule has 0 radical (unpaired) electrons. The summed E-state index contributed by atoms with van der Waals surface area (Å²) in [6, 6.07) is 20.7. The van der Waals surface area contributed by atoms with E-state index in [1.165, 1.54) is 10.9 Å². The van der Waals surface area contributed by atoms with Crippen molar-refractivity contribution in [1.29, 1.82) is 0 Å². The minimum atomic E-state index is -3.37. The molecule has 7 heteroatoms. The molecule has 0 aliphatic carbocycles. The predicted molar refractivity (Wildman–Crippen MR) is 141 cm³/mol. The molecule has 4 aromatic rings. The van der Waals surface area contributed by atoms with E-state index in [4.69, 9.17) is 23.2 Å². The number of sulfone groups is 1. The van der Waals surface area contributed by atoms with E-state index in [-0.39, 0.29) is 5.25 Å². The standard InChI is InChI=1S/C27H26Cl2N2O2S/c28-21-7-10-24(26(29)17-21)19-5-8-22(9-6-19)34(32,33)23-12-15-31(16-13-23)14-11-20-18-30-27-4-2-1-3-25(20)27/h1-10,17-18,23,30H,11-16H2. The minimum Gasteiger partial charge on any atom is -0.361 e. The third kappa shape index (κ3) is 4.76. The van der Waals surface area contributed by atoms with E-state index in [1.807, 2.05) is 24.3 Å². The molecule has 34 heavy (non-hydrogen) atoms. The first kappa shape index (κ1) is 23.4. The smallest absolute Gasteiger partial charge is 0.181 e. The first-order valence-electron chi connectivity index (χ1n) is 11.5. The molecule has 1 N–H and O–H groups in total. The van der Waals surface area contributed by atoms with Gasteiger partial charge in [0, 0.05) is 39.3 Å². The Morgan fingerprint density at radius 2 is 1.68 bits per heavy atom. The van der Waals surface area contributed by atoms with Crippen LogP contribution in [0.15, 0.2) is 77.8 Å². The summed E-state index contributed by atoms with van der Waals surface area (Å²) in [6.45, 7) is 2.53. The van der Waals surface area contributed by atoms with Gasteiger partial charge in [0.2, 0.25) is 0 Å². The van der Waals surface area contributed by atoms with Crippen LogP contribution in [-0.4, -0.2) is 43.2 Å². The molecule has 3 aromatic carbocycles. The molecule has 1 fully saturated rings. The first-order valence-corrected chi connectivity index (χ1v) is 13.8. The van der Waals surface area contributed by atoms with Crippen LogP contribution in [0, 0.1) is 0 Å². The van der Waals surface area contributed by atoms with E-state index in [2.05, 4.69) is 34.3 Å². The summed E-state index contributed by atoms with van der Waals surface area (Å²) in [4.78, 5) is 6.08. The Kier molecular flexibility index (Phi) is 6.72. The maximum Gasteiger partial charge on any atom is 0.181 e. The van der Waals surface area contributed by atoms with Gasteiger partial charge < -0.3 is 9.88 Å². The molecule has 2 heterocycles. The monoisotopic (exact) mass is 512 g/mol. The number of aromatic nitrogens is 1. The lowest BCUT2D eigenvalue weighted by atomic mass is 10.1. The van der Waals surface area contributed by atoms with Gasteiger partial charge in [-0.3, -0.25) is 0 Å². The Morgan fingerprint density at radius 1 is 0.941 bits per heavy atom. The molecule has 0 saturated carbocycles. The number of nitrogens with zero attached hydrogens (tertiary/aromatic N) is 1. The summed E-state index contributed by atoms with van der Waals surface area (Å²) >= 11 is 12.3. The van der Waals surface area contributed by atoms with Crippen molar-refractivity contribution in [2.24, 2.45) is 0 Å². The number of H-pyrrole nitrogens is 1. The number of benzene rings is 3. The fourth-order valence-electron chi connectivity index (χ4n) is 4.80. The molecule has 5 rings (SSSR count). The van der Waals surface area contributed by atoms with Crippen LogP contribution in [0.2, 0.25) is 10.0 Å². The number of piperidine rings is 1. The molecular weight excluding hydrogens is 487 g/mol. The van der Waals surface area contributed by atoms with E-state index in [0.29, 0.717) is 27.8 Å². The lowest BCUT2D eigenvalue weighted by Gasteiger charge is -2.31. The summed E-state index contributed by atoms with van der Waals surface area (Å²) in [7, 11) is -3.37. The fourth-order valence-corrected chi connectivity index (χ4v) is 7.05. The number of fused-ring (bicyclic) bond motifs is 1. The van der Waals surface area contributed by atoms with Gasteiger partial charge in [0.1, 0.15) is 0 Å². The summed E-state index contributed by atoms with van der Waals surface area (Å²) in [5, 5.41) is 2.04. The van der Waals surface area contributed by atoms with Gasteiger partial charge in [-0.2, -0.15) is 0 Å². The lowest BCUT2D eigenvalue weighted by molar-refractivity contribution is 0.232. The molecule has 1 saturated heterocycles. The van der Waals surface area contributed by atoms with E-state index in [0.717, 1.165) is 42.7 Å². The second-order valence-electron chi connectivity index (χ2n) is 8.84. The highest BCUT2D eigenvalue weighted by molar-refractivity contribution is 7.92. The number of hydrogen-bond donors (Lipinski definition) is 1. The summed E-state index contributed by atoms with van der Waals surface area (Å²) in [5.41, 5.74) is 4.17. The summed E-state index contributed by atoms with van der Waals surface area (Å²) in [5.74, 6) is 0. The van der Waals surface area contributed by atoms with Gasteiger partial charge in [-0.15, -0.1) is 0 Å². The zero-order valence-electron chi connectivity index (χ0n) is 18.7. The van der Waals surface area contributed by atoms with E-state index in [9.17, 15) is 8.42 Å².